The van der Waals surface area contributed by atoms with Crippen LogP contribution < -0.4 is 29.0 Å². The number of nitrogens with zero attached hydrogens (tertiary/aromatic N) is 2. The van der Waals surface area contributed by atoms with E-state index >= 15 is 0 Å². The Bertz CT molecular complexity index is 1180. The van der Waals surface area contributed by atoms with Crippen molar-refractivity contribution in [3.8, 4) is 28.7 Å². The predicted molar refractivity (Wildman–Crippen MR) is 122 cm³/mol. The fourth-order valence-corrected chi connectivity index (χ4v) is 3.20. The second kappa shape index (κ2) is 10.9. The smallest absolute Gasteiger partial charge is 0.327 e. The summed E-state index contributed by atoms with van der Waals surface area (Å²) < 4.78 is 26.8. The van der Waals surface area contributed by atoms with E-state index in [1.165, 1.54) is 34.5 Å². The van der Waals surface area contributed by atoms with Crippen LogP contribution in [0.2, 0.25) is 0 Å². The van der Waals surface area contributed by atoms with E-state index in [0.717, 1.165) is 5.56 Å². The molecular formula is C23H23N3O8. The Morgan fingerprint density at radius 3 is 2.18 bits per heavy atom. The Morgan fingerprint density at radius 2 is 1.59 bits per heavy atom. The van der Waals surface area contributed by atoms with Crippen molar-refractivity contribution in [1.82, 2.24) is 4.98 Å². The number of carbonyl (C=O) groups excluding carboxylic acids is 1. The molecule has 11 heteroatoms. The minimum absolute atomic E-state index is 0.00416. The number of ether oxygens (including phenoxy) is 5. The van der Waals surface area contributed by atoms with E-state index in [4.69, 9.17) is 23.7 Å². The average Bonchev–Trinajstić information content (AvgIpc) is 2.86. The van der Waals surface area contributed by atoms with E-state index in [0.29, 0.717) is 17.2 Å². The first kappa shape index (κ1) is 24.1. The van der Waals surface area contributed by atoms with Crippen LogP contribution in [0.3, 0.4) is 0 Å². The number of methoxy groups -OCH3 is 4. The second-order valence-corrected chi connectivity index (χ2v) is 6.76. The highest BCUT2D eigenvalue weighted by Gasteiger charge is 2.32. The van der Waals surface area contributed by atoms with E-state index in [2.05, 4.69) is 10.3 Å². The number of anilines is 1. The van der Waals surface area contributed by atoms with Gasteiger partial charge in [0.2, 0.25) is 11.5 Å². The minimum Gasteiger partial charge on any atom is -0.493 e. The number of nitrogens with one attached hydrogen (secondary N) is 1. The summed E-state index contributed by atoms with van der Waals surface area (Å²) >= 11 is 0. The molecule has 2 aromatic carbocycles. The molecule has 1 N–H and O–H groups in total. The van der Waals surface area contributed by atoms with Crippen LogP contribution in [0.4, 0.5) is 11.4 Å². The molecule has 0 aliphatic rings. The van der Waals surface area contributed by atoms with Gasteiger partial charge in [-0.15, -0.1) is 0 Å². The van der Waals surface area contributed by atoms with Crippen LogP contribution in [0, 0.1) is 10.1 Å². The van der Waals surface area contributed by atoms with Crippen LogP contribution in [-0.4, -0.2) is 44.3 Å². The molecule has 3 aromatic rings. The predicted octanol–water partition coefficient (Wildman–Crippen LogP) is 3.86. The summed E-state index contributed by atoms with van der Waals surface area (Å²) in [5, 5.41) is 14.4. The van der Waals surface area contributed by atoms with Gasteiger partial charge in [0, 0.05) is 30.2 Å². The zero-order chi connectivity index (χ0) is 24.7. The Hall–Kier alpha value is -4.54. The van der Waals surface area contributed by atoms with Gasteiger partial charge in [-0.3, -0.25) is 19.9 Å². The van der Waals surface area contributed by atoms with Crippen LogP contribution in [0.25, 0.3) is 0 Å². The van der Waals surface area contributed by atoms with Crippen LogP contribution in [-0.2, 0) is 6.61 Å². The third-order valence-electron chi connectivity index (χ3n) is 4.80. The summed E-state index contributed by atoms with van der Waals surface area (Å²) in [5.41, 5.74) is 0.396. The molecule has 0 fully saturated rings. The third-order valence-corrected chi connectivity index (χ3v) is 4.80. The third kappa shape index (κ3) is 5.09. The number of nitro groups is 1. The van der Waals surface area contributed by atoms with Crippen molar-refractivity contribution in [2.24, 2.45) is 0 Å². The van der Waals surface area contributed by atoms with Crippen LogP contribution in [0.5, 0.6) is 28.7 Å². The SMILES string of the molecule is COc1ccc(NC(=O)c2cc(OC)c(OC)c(OC)c2[N+](=O)[O-])cc1OCc1ccncc1. The van der Waals surface area contributed by atoms with Crippen molar-refractivity contribution in [2.45, 2.75) is 6.61 Å². The number of aromatic nitrogens is 1. The zero-order valence-electron chi connectivity index (χ0n) is 19.0. The molecule has 1 aromatic heterocycles. The van der Waals surface area contributed by atoms with Crippen molar-refractivity contribution >= 4 is 17.3 Å². The zero-order valence-corrected chi connectivity index (χ0v) is 19.0. The lowest BCUT2D eigenvalue weighted by Crippen LogP contribution is -2.15. The molecule has 0 aliphatic heterocycles. The highest BCUT2D eigenvalue weighted by Crippen LogP contribution is 2.46. The van der Waals surface area contributed by atoms with Gasteiger partial charge in [0.05, 0.1) is 33.4 Å². The number of amides is 1. The first-order valence-electron chi connectivity index (χ1n) is 9.91. The van der Waals surface area contributed by atoms with E-state index in [-0.39, 0.29) is 29.4 Å². The van der Waals surface area contributed by atoms with Gasteiger partial charge < -0.3 is 29.0 Å². The Morgan fingerprint density at radius 1 is 0.912 bits per heavy atom. The van der Waals surface area contributed by atoms with Crippen molar-refractivity contribution in [2.75, 3.05) is 33.8 Å². The molecule has 0 spiro atoms. The maximum Gasteiger partial charge on any atom is 0.327 e. The largest absolute Gasteiger partial charge is 0.493 e. The maximum atomic E-state index is 13.1. The van der Waals surface area contributed by atoms with E-state index in [1.807, 2.05) is 12.1 Å². The lowest BCUT2D eigenvalue weighted by Gasteiger charge is -2.16. The monoisotopic (exact) mass is 469 g/mol. The van der Waals surface area contributed by atoms with Crippen molar-refractivity contribution in [3.05, 3.63) is 70.0 Å². The van der Waals surface area contributed by atoms with Gasteiger partial charge in [-0.05, 0) is 29.8 Å². The molecule has 0 aliphatic carbocycles. The van der Waals surface area contributed by atoms with Gasteiger partial charge in [0.1, 0.15) is 12.2 Å². The van der Waals surface area contributed by atoms with Gasteiger partial charge in [-0.1, -0.05) is 0 Å². The number of benzene rings is 2. The molecule has 0 unspecified atom stereocenters. The summed E-state index contributed by atoms with van der Waals surface area (Å²) in [4.78, 5) is 28.1. The standard InChI is InChI=1S/C23H23N3O8/c1-30-17-6-5-15(11-18(17)34-13-14-7-9-24-10-8-14)25-23(27)16-12-19(31-2)21(32-3)22(33-4)20(16)26(28)29/h5-12H,13H2,1-4H3,(H,25,27). The molecule has 178 valence electrons. The number of rotatable bonds is 10. The summed E-state index contributed by atoms with van der Waals surface area (Å²) in [6, 6.07) is 9.59. The molecule has 0 atom stereocenters. The van der Waals surface area contributed by atoms with Gasteiger partial charge in [-0.2, -0.15) is 0 Å². The quantitative estimate of drug-likeness (QED) is 0.347. The average molecular weight is 469 g/mol. The highest BCUT2D eigenvalue weighted by molar-refractivity contribution is 6.08. The number of carbonyl (C=O) groups is 1. The Labute approximate surface area is 195 Å². The minimum atomic E-state index is -0.754. The van der Waals surface area contributed by atoms with Gasteiger partial charge in [0.15, 0.2) is 17.2 Å². The lowest BCUT2D eigenvalue weighted by molar-refractivity contribution is -0.386. The Kier molecular flexibility index (Phi) is 7.70. The maximum absolute atomic E-state index is 13.1. The number of hydrogen-bond acceptors (Lipinski definition) is 9. The number of nitro benzene ring substituents is 1. The van der Waals surface area contributed by atoms with Gasteiger partial charge in [0.25, 0.3) is 5.91 Å². The fraction of sp³-hybridized carbons (Fsp3) is 0.217. The van der Waals surface area contributed by atoms with Gasteiger partial charge >= 0.3 is 5.69 Å². The summed E-state index contributed by atoms with van der Waals surface area (Å²) in [7, 11) is 5.39. The molecule has 1 amide bonds. The first-order valence-corrected chi connectivity index (χ1v) is 9.91. The molecule has 0 saturated heterocycles. The Balaban J connectivity index is 1.94. The molecule has 3 rings (SSSR count). The normalized spacial score (nSPS) is 10.2. The van der Waals surface area contributed by atoms with Crippen molar-refractivity contribution < 1.29 is 33.4 Å². The topological polar surface area (TPSA) is 131 Å². The van der Waals surface area contributed by atoms with Crippen molar-refractivity contribution in [3.63, 3.8) is 0 Å². The number of hydrogen-bond donors (Lipinski definition) is 1. The van der Waals surface area contributed by atoms with Crippen molar-refractivity contribution in [1.29, 1.82) is 0 Å². The second-order valence-electron chi connectivity index (χ2n) is 6.76. The van der Waals surface area contributed by atoms with Crippen LogP contribution >= 0.6 is 0 Å². The van der Waals surface area contributed by atoms with Crippen LogP contribution in [0.1, 0.15) is 15.9 Å². The molecule has 34 heavy (non-hydrogen) atoms. The summed E-state index contributed by atoms with van der Waals surface area (Å²) in [6.07, 6.45) is 3.30. The van der Waals surface area contributed by atoms with Crippen LogP contribution in [0.15, 0.2) is 48.8 Å². The lowest BCUT2D eigenvalue weighted by atomic mass is 10.1. The fourth-order valence-electron chi connectivity index (χ4n) is 3.20. The van der Waals surface area contributed by atoms with E-state index < -0.39 is 16.5 Å². The summed E-state index contributed by atoms with van der Waals surface area (Å²) in [5.74, 6) is -0.0534. The molecule has 11 nitrogen and oxygen atoms in total. The number of pyridine rings is 1. The summed E-state index contributed by atoms with van der Waals surface area (Å²) in [6.45, 7) is 0.245. The first-order chi connectivity index (χ1) is 16.4. The van der Waals surface area contributed by atoms with Gasteiger partial charge in [-0.25, -0.2) is 0 Å². The molecule has 0 radical (unpaired) electrons. The highest BCUT2D eigenvalue weighted by atomic mass is 16.6. The van der Waals surface area contributed by atoms with E-state index in [1.54, 1.807) is 30.6 Å². The molecule has 0 saturated carbocycles. The molecular weight excluding hydrogens is 446 g/mol. The molecule has 1 heterocycles. The molecule has 0 bridgehead atoms. The van der Waals surface area contributed by atoms with E-state index in [9.17, 15) is 14.9 Å².